The number of hydrogen-bond acceptors (Lipinski definition) is 3. The van der Waals surface area contributed by atoms with Crippen LogP contribution < -0.4 is 4.90 Å². The van der Waals surface area contributed by atoms with Crippen molar-refractivity contribution in [1.82, 2.24) is 9.78 Å². The first-order valence-electron chi connectivity index (χ1n) is 6.82. The molecule has 5 nitrogen and oxygen atoms in total. The van der Waals surface area contributed by atoms with E-state index in [1.807, 2.05) is 64.0 Å². The SMILES string of the molecule is CN(C)c1ccc(-n2nc(C(=O)O)cc2C(C)(C)C)cc1. The van der Waals surface area contributed by atoms with Crippen LogP contribution in [-0.2, 0) is 5.41 Å². The van der Waals surface area contributed by atoms with Gasteiger partial charge in [0.2, 0.25) is 0 Å². The van der Waals surface area contributed by atoms with Crippen LogP contribution in [0, 0.1) is 0 Å². The summed E-state index contributed by atoms with van der Waals surface area (Å²) in [5.74, 6) is -1.01. The lowest BCUT2D eigenvalue weighted by Crippen LogP contribution is -2.17. The Morgan fingerprint density at radius 3 is 2.19 bits per heavy atom. The Morgan fingerprint density at radius 2 is 1.76 bits per heavy atom. The Hall–Kier alpha value is -2.30. The zero-order valence-corrected chi connectivity index (χ0v) is 13.1. The van der Waals surface area contributed by atoms with Crippen molar-refractivity contribution in [2.75, 3.05) is 19.0 Å². The maximum Gasteiger partial charge on any atom is 0.356 e. The van der Waals surface area contributed by atoms with Crippen molar-refractivity contribution >= 4 is 11.7 Å². The number of rotatable bonds is 3. The predicted molar refractivity (Wildman–Crippen MR) is 83.6 cm³/mol. The van der Waals surface area contributed by atoms with Gasteiger partial charge in [-0.3, -0.25) is 0 Å². The molecule has 0 unspecified atom stereocenters. The van der Waals surface area contributed by atoms with Gasteiger partial charge in [0.15, 0.2) is 5.69 Å². The lowest BCUT2D eigenvalue weighted by atomic mass is 9.91. The van der Waals surface area contributed by atoms with Crippen molar-refractivity contribution in [3.63, 3.8) is 0 Å². The van der Waals surface area contributed by atoms with Crippen LogP contribution in [-0.4, -0.2) is 35.0 Å². The van der Waals surface area contributed by atoms with Gasteiger partial charge < -0.3 is 10.0 Å². The minimum absolute atomic E-state index is 0.0663. The van der Waals surface area contributed by atoms with E-state index in [2.05, 4.69) is 5.10 Å². The normalized spacial score (nSPS) is 11.5. The predicted octanol–water partition coefficient (Wildman–Crippen LogP) is 2.93. The molecule has 0 bridgehead atoms. The summed E-state index contributed by atoms with van der Waals surface area (Å²) >= 11 is 0. The number of nitrogens with zero attached hydrogens (tertiary/aromatic N) is 3. The van der Waals surface area contributed by atoms with E-state index in [0.29, 0.717) is 0 Å². The average Bonchev–Trinajstić information content (AvgIpc) is 2.84. The van der Waals surface area contributed by atoms with Crippen molar-refractivity contribution in [3.8, 4) is 5.69 Å². The van der Waals surface area contributed by atoms with Crippen LogP contribution in [0.25, 0.3) is 5.69 Å². The van der Waals surface area contributed by atoms with Crippen molar-refractivity contribution in [1.29, 1.82) is 0 Å². The molecule has 0 fully saturated rings. The number of aromatic carboxylic acids is 1. The molecule has 0 aliphatic carbocycles. The summed E-state index contributed by atoms with van der Waals surface area (Å²) in [5, 5.41) is 13.4. The Labute approximate surface area is 124 Å². The number of benzene rings is 1. The number of aromatic nitrogens is 2. The molecule has 0 saturated heterocycles. The highest BCUT2D eigenvalue weighted by Gasteiger charge is 2.23. The highest BCUT2D eigenvalue weighted by Crippen LogP contribution is 2.26. The minimum atomic E-state index is -1.01. The summed E-state index contributed by atoms with van der Waals surface area (Å²) in [6.07, 6.45) is 0. The molecule has 0 saturated carbocycles. The lowest BCUT2D eigenvalue weighted by molar-refractivity contribution is 0.0690. The van der Waals surface area contributed by atoms with Crippen LogP contribution in [0.5, 0.6) is 0 Å². The lowest BCUT2D eigenvalue weighted by Gasteiger charge is -2.20. The van der Waals surface area contributed by atoms with Gasteiger partial charge in [-0.2, -0.15) is 5.10 Å². The van der Waals surface area contributed by atoms with E-state index in [1.54, 1.807) is 10.7 Å². The maximum atomic E-state index is 11.2. The zero-order valence-electron chi connectivity index (χ0n) is 13.1. The van der Waals surface area contributed by atoms with Gasteiger partial charge in [-0.1, -0.05) is 20.8 Å². The number of hydrogen-bond donors (Lipinski definition) is 1. The summed E-state index contributed by atoms with van der Waals surface area (Å²) in [5.41, 5.74) is 2.69. The molecule has 112 valence electrons. The number of anilines is 1. The summed E-state index contributed by atoms with van der Waals surface area (Å²) in [7, 11) is 3.96. The van der Waals surface area contributed by atoms with E-state index in [1.165, 1.54) is 0 Å². The molecule has 1 N–H and O–H groups in total. The molecule has 2 aromatic rings. The van der Waals surface area contributed by atoms with E-state index in [9.17, 15) is 4.79 Å². The first kappa shape index (κ1) is 15.1. The van der Waals surface area contributed by atoms with Crippen molar-refractivity contribution in [2.24, 2.45) is 0 Å². The van der Waals surface area contributed by atoms with Gasteiger partial charge >= 0.3 is 5.97 Å². The van der Waals surface area contributed by atoms with Crippen molar-refractivity contribution in [3.05, 3.63) is 41.7 Å². The molecule has 1 heterocycles. The van der Waals surface area contributed by atoms with Crippen molar-refractivity contribution in [2.45, 2.75) is 26.2 Å². The Balaban J connectivity index is 2.54. The molecule has 0 aliphatic rings. The standard InChI is InChI=1S/C16H21N3O2/c1-16(2,3)14-10-13(15(20)21)17-19(14)12-8-6-11(7-9-12)18(4)5/h6-10H,1-5H3,(H,20,21). The second-order valence-corrected chi connectivity index (χ2v) is 6.29. The van der Waals surface area contributed by atoms with Gasteiger partial charge in [-0.25, -0.2) is 9.48 Å². The monoisotopic (exact) mass is 287 g/mol. The molecular weight excluding hydrogens is 266 g/mol. The molecule has 0 amide bonds. The molecule has 0 atom stereocenters. The number of carboxylic acids is 1. The molecular formula is C16H21N3O2. The largest absolute Gasteiger partial charge is 0.476 e. The summed E-state index contributed by atoms with van der Waals surface area (Å²) in [4.78, 5) is 13.2. The van der Waals surface area contributed by atoms with E-state index in [4.69, 9.17) is 5.11 Å². The van der Waals surface area contributed by atoms with Gasteiger partial charge in [-0.15, -0.1) is 0 Å². The van der Waals surface area contributed by atoms with Crippen LogP contribution in [0.3, 0.4) is 0 Å². The second kappa shape index (κ2) is 5.24. The third-order valence-corrected chi connectivity index (χ3v) is 3.31. The molecule has 2 rings (SSSR count). The van der Waals surface area contributed by atoms with E-state index in [0.717, 1.165) is 17.1 Å². The summed E-state index contributed by atoms with van der Waals surface area (Å²) in [6, 6.07) is 9.52. The topological polar surface area (TPSA) is 58.4 Å². The maximum absolute atomic E-state index is 11.2. The van der Waals surface area contributed by atoms with Crippen LogP contribution in [0.2, 0.25) is 0 Å². The third-order valence-electron chi connectivity index (χ3n) is 3.31. The molecule has 0 spiro atoms. The van der Waals surface area contributed by atoms with Gasteiger partial charge in [0.05, 0.1) is 11.4 Å². The quantitative estimate of drug-likeness (QED) is 0.943. The number of carbonyl (C=O) groups is 1. The first-order chi connectivity index (χ1) is 9.70. The molecule has 21 heavy (non-hydrogen) atoms. The highest BCUT2D eigenvalue weighted by atomic mass is 16.4. The zero-order chi connectivity index (χ0) is 15.8. The molecule has 5 heteroatoms. The minimum Gasteiger partial charge on any atom is -0.476 e. The van der Waals surface area contributed by atoms with Gasteiger partial charge in [-0.05, 0) is 30.3 Å². The van der Waals surface area contributed by atoms with Crippen molar-refractivity contribution < 1.29 is 9.90 Å². The highest BCUT2D eigenvalue weighted by molar-refractivity contribution is 5.85. The van der Waals surface area contributed by atoms with Crippen LogP contribution in [0.1, 0.15) is 37.0 Å². The third kappa shape index (κ3) is 3.07. The molecule has 1 aromatic heterocycles. The fourth-order valence-corrected chi connectivity index (χ4v) is 2.11. The summed E-state index contributed by atoms with van der Waals surface area (Å²) < 4.78 is 1.71. The van der Waals surface area contributed by atoms with Crippen LogP contribution >= 0.6 is 0 Å². The Kier molecular flexibility index (Phi) is 3.77. The first-order valence-corrected chi connectivity index (χ1v) is 6.82. The van der Waals surface area contributed by atoms with Gasteiger partial charge in [0.25, 0.3) is 0 Å². The summed E-state index contributed by atoms with van der Waals surface area (Å²) in [6.45, 7) is 6.13. The average molecular weight is 287 g/mol. The van der Waals surface area contributed by atoms with Gasteiger partial charge in [0.1, 0.15) is 0 Å². The van der Waals surface area contributed by atoms with E-state index < -0.39 is 5.97 Å². The second-order valence-electron chi connectivity index (χ2n) is 6.29. The van der Waals surface area contributed by atoms with Crippen LogP contribution in [0.4, 0.5) is 5.69 Å². The smallest absolute Gasteiger partial charge is 0.356 e. The molecule has 0 radical (unpaired) electrons. The number of carboxylic acid groups (broad SMARTS) is 1. The Morgan fingerprint density at radius 1 is 1.19 bits per heavy atom. The van der Waals surface area contributed by atoms with Gasteiger partial charge in [0, 0.05) is 25.2 Å². The molecule has 0 aliphatic heterocycles. The molecule has 1 aromatic carbocycles. The Bertz CT molecular complexity index is 649. The van der Waals surface area contributed by atoms with E-state index in [-0.39, 0.29) is 11.1 Å². The van der Waals surface area contributed by atoms with Crippen LogP contribution in [0.15, 0.2) is 30.3 Å². The fraction of sp³-hybridized carbons (Fsp3) is 0.375. The fourth-order valence-electron chi connectivity index (χ4n) is 2.11. The van der Waals surface area contributed by atoms with E-state index >= 15 is 0 Å².